The molecule has 1 unspecified atom stereocenters. The van der Waals surface area contributed by atoms with Crippen LogP contribution in [0.5, 0.6) is 11.5 Å². The van der Waals surface area contributed by atoms with Crippen molar-refractivity contribution in [1.29, 1.82) is 0 Å². The number of carbonyl (C=O) groups excluding carboxylic acids is 2. The lowest BCUT2D eigenvalue weighted by Gasteiger charge is -2.14. The first-order valence-corrected chi connectivity index (χ1v) is 10.8. The molecule has 0 heterocycles. The third-order valence-corrected chi connectivity index (χ3v) is 5.08. The highest BCUT2D eigenvalue weighted by Crippen LogP contribution is 2.20. The molecule has 5 nitrogen and oxygen atoms in total. The summed E-state index contributed by atoms with van der Waals surface area (Å²) in [6.45, 7) is 7.70. The normalized spacial score (nSPS) is 11.5. The molecule has 3 aromatic carbocycles. The van der Waals surface area contributed by atoms with Crippen LogP contribution in [-0.4, -0.2) is 18.0 Å². The van der Waals surface area contributed by atoms with Crippen molar-refractivity contribution in [3.05, 3.63) is 89.0 Å². The second-order valence-electron chi connectivity index (χ2n) is 7.87. The molecule has 0 aromatic heterocycles. The van der Waals surface area contributed by atoms with Gasteiger partial charge in [0.05, 0.1) is 0 Å². The minimum atomic E-state index is -0.765. The summed E-state index contributed by atoms with van der Waals surface area (Å²) in [5.41, 5.74) is 4.54. The Bertz CT molecular complexity index is 1070. The molecular weight excluding hydrogens is 402 g/mol. The highest BCUT2D eigenvalue weighted by Gasteiger charge is 2.18. The quantitative estimate of drug-likeness (QED) is 0.357. The van der Waals surface area contributed by atoms with Crippen molar-refractivity contribution in [3.8, 4) is 11.5 Å². The first kappa shape index (κ1) is 23.1. The topological polar surface area (TPSA) is 64.6 Å². The molecule has 0 spiro atoms. The fourth-order valence-electron chi connectivity index (χ4n) is 3.21. The summed E-state index contributed by atoms with van der Waals surface area (Å²) in [6.07, 6.45) is 1.32. The van der Waals surface area contributed by atoms with Gasteiger partial charge in [0, 0.05) is 11.3 Å². The van der Waals surface area contributed by atoms with E-state index in [0.717, 1.165) is 29.7 Å². The maximum absolute atomic E-state index is 12.5. The van der Waals surface area contributed by atoms with Gasteiger partial charge in [-0.2, -0.15) is 0 Å². The Morgan fingerprint density at radius 1 is 0.906 bits per heavy atom. The van der Waals surface area contributed by atoms with Crippen LogP contribution in [0.25, 0.3) is 0 Å². The zero-order chi connectivity index (χ0) is 23.1. The van der Waals surface area contributed by atoms with E-state index in [0.29, 0.717) is 17.1 Å². The van der Waals surface area contributed by atoms with Crippen molar-refractivity contribution in [2.24, 2.45) is 0 Å². The highest BCUT2D eigenvalue weighted by atomic mass is 16.6. The maximum Gasteiger partial charge on any atom is 0.352 e. The van der Waals surface area contributed by atoms with Gasteiger partial charge in [-0.3, -0.25) is 4.79 Å². The standard InChI is InChI=1S/C27H29NO4/c1-5-6-21-9-13-23(14-10-21)31-20(4)27(30)32-24-15-11-22(12-16-24)26(29)28-25-17-18(2)7-8-19(25)3/h7-17,20H,5-6H2,1-4H3,(H,28,29). The molecule has 0 saturated carbocycles. The molecule has 0 aliphatic carbocycles. The van der Waals surface area contributed by atoms with Crippen molar-refractivity contribution >= 4 is 17.6 Å². The lowest BCUT2D eigenvalue weighted by Crippen LogP contribution is -2.28. The van der Waals surface area contributed by atoms with Crippen LogP contribution in [0.4, 0.5) is 5.69 Å². The number of benzene rings is 3. The molecule has 3 aromatic rings. The number of anilines is 1. The highest BCUT2D eigenvalue weighted by molar-refractivity contribution is 6.04. The lowest BCUT2D eigenvalue weighted by atomic mass is 10.1. The summed E-state index contributed by atoms with van der Waals surface area (Å²) in [5, 5.41) is 2.92. The van der Waals surface area contributed by atoms with Crippen molar-refractivity contribution < 1.29 is 19.1 Å². The smallest absolute Gasteiger partial charge is 0.352 e. The van der Waals surface area contributed by atoms with Crippen LogP contribution in [0, 0.1) is 13.8 Å². The average molecular weight is 432 g/mol. The molecule has 166 valence electrons. The maximum atomic E-state index is 12.5. The predicted octanol–water partition coefficient (Wildman–Crippen LogP) is 5.88. The molecule has 5 heteroatoms. The predicted molar refractivity (Wildman–Crippen MR) is 126 cm³/mol. The van der Waals surface area contributed by atoms with Crippen molar-refractivity contribution in [3.63, 3.8) is 0 Å². The van der Waals surface area contributed by atoms with E-state index in [1.54, 1.807) is 31.2 Å². The number of esters is 1. The lowest BCUT2D eigenvalue weighted by molar-refractivity contribution is -0.141. The van der Waals surface area contributed by atoms with Gasteiger partial charge in [-0.1, -0.05) is 37.6 Å². The summed E-state index contributed by atoms with van der Waals surface area (Å²) in [7, 11) is 0. The van der Waals surface area contributed by atoms with E-state index in [-0.39, 0.29) is 5.91 Å². The molecule has 3 rings (SSSR count). The molecule has 1 amide bonds. The number of hydrogen-bond donors (Lipinski definition) is 1. The molecule has 0 fully saturated rings. The summed E-state index contributed by atoms with van der Waals surface area (Å²) in [4.78, 5) is 24.9. The van der Waals surface area contributed by atoms with Crippen LogP contribution < -0.4 is 14.8 Å². The van der Waals surface area contributed by atoms with Crippen LogP contribution in [0.15, 0.2) is 66.7 Å². The largest absolute Gasteiger partial charge is 0.479 e. The zero-order valence-electron chi connectivity index (χ0n) is 19.0. The summed E-state index contributed by atoms with van der Waals surface area (Å²) in [6, 6.07) is 20.1. The number of aryl methyl sites for hydroxylation is 3. The Morgan fingerprint density at radius 2 is 1.56 bits per heavy atom. The van der Waals surface area contributed by atoms with Gasteiger partial charge in [-0.25, -0.2) is 4.79 Å². The van der Waals surface area contributed by atoms with Gasteiger partial charge in [0.25, 0.3) is 5.91 Å². The van der Waals surface area contributed by atoms with Crippen LogP contribution in [0.2, 0.25) is 0 Å². The van der Waals surface area contributed by atoms with E-state index in [1.807, 2.05) is 56.3 Å². The Balaban J connectivity index is 1.56. The molecule has 0 saturated heterocycles. The van der Waals surface area contributed by atoms with Gasteiger partial charge in [-0.15, -0.1) is 0 Å². The Morgan fingerprint density at radius 3 is 2.22 bits per heavy atom. The molecule has 32 heavy (non-hydrogen) atoms. The van der Waals surface area contributed by atoms with E-state index in [2.05, 4.69) is 12.2 Å². The van der Waals surface area contributed by atoms with E-state index >= 15 is 0 Å². The Labute approximate surface area is 189 Å². The van der Waals surface area contributed by atoms with Crippen molar-refractivity contribution in [1.82, 2.24) is 0 Å². The second kappa shape index (κ2) is 10.6. The number of ether oxygens (including phenoxy) is 2. The minimum Gasteiger partial charge on any atom is -0.479 e. The van der Waals surface area contributed by atoms with Crippen molar-refractivity contribution in [2.75, 3.05) is 5.32 Å². The molecule has 0 aliphatic rings. The number of rotatable bonds is 8. The first-order chi connectivity index (χ1) is 15.4. The fourth-order valence-corrected chi connectivity index (χ4v) is 3.21. The number of carbonyl (C=O) groups is 2. The third-order valence-electron chi connectivity index (χ3n) is 5.08. The molecule has 0 aliphatic heterocycles. The molecule has 1 N–H and O–H groups in total. The van der Waals surface area contributed by atoms with E-state index in [4.69, 9.17) is 9.47 Å². The van der Waals surface area contributed by atoms with E-state index < -0.39 is 12.1 Å². The van der Waals surface area contributed by atoms with E-state index in [9.17, 15) is 9.59 Å². The van der Waals surface area contributed by atoms with Crippen LogP contribution >= 0.6 is 0 Å². The van der Waals surface area contributed by atoms with Crippen LogP contribution in [0.3, 0.4) is 0 Å². The summed E-state index contributed by atoms with van der Waals surface area (Å²) in [5.74, 6) is 0.245. The SMILES string of the molecule is CCCc1ccc(OC(C)C(=O)Oc2ccc(C(=O)Nc3cc(C)ccc3C)cc2)cc1. The molecule has 0 radical (unpaired) electrons. The molecular formula is C27H29NO4. The van der Waals surface area contributed by atoms with Gasteiger partial charge in [-0.05, 0) is 86.3 Å². The third kappa shape index (κ3) is 6.20. The zero-order valence-corrected chi connectivity index (χ0v) is 19.0. The minimum absolute atomic E-state index is 0.222. The van der Waals surface area contributed by atoms with Gasteiger partial charge in [0.15, 0.2) is 6.10 Å². The molecule has 1 atom stereocenters. The summed E-state index contributed by atoms with van der Waals surface area (Å²) >= 11 is 0. The van der Waals surface area contributed by atoms with E-state index in [1.165, 1.54) is 5.56 Å². The average Bonchev–Trinajstić information content (AvgIpc) is 2.78. The van der Waals surface area contributed by atoms with Crippen LogP contribution in [-0.2, 0) is 11.2 Å². The number of hydrogen-bond acceptors (Lipinski definition) is 4. The first-order valence-electron chi connectivity index (χ1n) is 10.8. The Hall–Kier alpha value is -3.60. The number of nitrogens with one attached hydrogen (secondary N) is 1. The second-order valence-corrected chi connectivity index (χ2v) is 7.87. The van der Waals surface area contributed by atoms with Crippen LogP contribution in [0.1, 0.15) is 47.3 Å². The summed E-state index contributed by atoms with van der Waals surface area (Å²) < 4.78 is 11.1. The van der Waals surface area contributed by atoms with Crippen molar-refractivity contribution in [2.45, 2.75) is 46.6 Å². The Kier molecular flexibility index (Phi) is 7.66. The van der Waals surface area contributed by atoms with Gasteiger partial charge < -0.3 is 14.8 Å². The molecule has 0 bridgehead atoms. The van der Waals surface area contributed by atoms with Gasteiger partial charge in [0.1, 0.15) is 11.5 Å². The number of amides is 1. The monoisotopic (exact) mass is 431 g/mol. The van der Waals surface area contributed by atoms with Gasteiger partial charge in [0.2, 0.25) is 0 Å². The van der Waals surface area contributed by atoms with Gasteiger partial charge >= 0.3 is 5.97 Å². The fraction of sp³-hybridized carbons (Fsp3) is 0.259.